The number of hydrogen-bond acceptors (Lipinski definition) is 3. The zero-order valence-electron chi connectivity index (χ0n) is 14.2. The van der Waals surface area contributed by atoms with Gasteiger partial charge in [-0.2, -0.15) is 0 Å². The van der Waals surface area contributed by atoms with Gasteiger partial charge in [0.05, 0.1) is 6.54 Å². The second kappa shape index (κ2) is 10.3. The number of primary amides is 1. The lowest BCUT2D eigenvalue weighted by Crippen LogP contribution is -2.47. The Morgan fingerprint density at radius 3 is 2.61 bits per heavy atom. The van der Waals surface area contributed by atoms with E-state index in [9.17, 15) is 4.79 Å². The van der Waals surface area contributed by atoms with Crippen LogP contribution in [0.15, 0.2) is 29.3 Å². The Bertz CT molecular complexity index is 527. The Labute approximate surface area is 155 Å². The van der Waals surface area contributed by atoms with Crippen molar-refractivity contribution >= 4 is 35.8 Å². The Morgan fingerprint density at radius 2 is 2.04 bits per heavy atom. The fraction of sp³-hybridized carbons (Fsp3) is 0.500. The number of aliphatic imine (C=N–C) groups is 1. The number of halogens is 1. The van der Waals surface area contributed by atoms with Crippen LogP contribution >= 0.6 is 24.0 Å². The summed E-state index contributed by atoms with van der Waals surface area (Å²) < 4.78 is 5.29. The van der Waals surface area contributed by atoms with Gasteiger partial charge in [-0.05, 0) is 45.4 Å². The molecular formula is C16H27IN4O2. The summed E-state index contributed by atoms with van der Waals surface area (Å²) in [5.41, 5.74) is 6.00. The highest BCUT2D eigenvalue weighted by Gasteiger charge is 2.11. The van der Waals surface area contributed by atoms with Crippen molar-refractivity contribution in [2.75, 3.05) is 13.2 Å². The van der Waals surface area contributed by atoms with E-state index in [1.165, 1.54) is 0 Å². The quantitative estimate of drug-likeness (QED) is 0.363. The van der Waals surface area contributed by atoms with Crippen molar-refractivity contribution in [3.8, 4) is 5.75 Å². The summed E-state index contributed by atoms with van der Waals surface area (Å²) >= 11 is 0. The summed E-state index contributed by atoms with van der Waals surface area (Å²) in [4.78, 5) is 15.3. The molecule has 0 aliphatic rings. The van der Waals surface area contributed by atoms with E-state index in [0.717, 1.165) is 18.1 Å². The fourth-order valence-electron chi connectivity index (χ4n) is 1.72. The molecule has 0 saturated heterocycles. The Hall–Kier alpha value is -1.51. The first kappa shape index (κ1) is 21.5. The molecule has 0 bridgehead atoms. The molecule has 0 fully saturated rings. The van der Waals surface area contributed by atoms with Crippen LogP contribution < -0.4 is 21.1 Å². The van der Waals surface area contributed by atoms with Crippen molar-refractivity contribution in [3.05, 3.63) is 29.8 Å². The van der Waals surface area contributed by atoms with Gasteiger partial charge >= 0.3 is 0 Å². The van der Waals surface area contributed by atoms with Crippen LogP contribution in [0.25, 0.3) is 0 Å². The second-order valence-corrected chi connectivity index (χ2v) is 5.97. The molecule has 0 aliphatic heterocycles. The number of nitrogens with one attached hydrogen (secondary N) is 2. The molecule has 7 heteroatoms. The summed E-state index contributed by atoms with van der Waals surface area (Å²) in [6, 6.07) is 7.47. The van der Waals surface area contributed by atoms with E-state index >= 15 is 0 Å². The first-order chi connectivity index (χ1) is 10.3. The summed E-state index contributed by atoms with van der Waals surface area (Å²) in [7, 11) is 0. The van der Waals surface area contributed by atoms with Gasteiger partial charge in [0.1, 0.15) is 5.75 Å². The minimum absolute atomic E-state index is 0. The van der Waals surface area contributed by atoms with Crippen LogP contribution in [-0.2, 0) is 11.3 Å². The normalized spacial score (nSPS) is 11.4. The molecule has 4 N–H and O–H groups in total. The Balaban J connectivity index is 0.00000484. The van der Waals surface area contributed by atoms with Crippen LogP contribution in [0.1, 0.15) is 33.3 Å². The molecule has 6 nitrogen and oxygen atoms in total. The minimum Gasteiger partial charge on any atom is -0.484 e. The first-order valence-corrected chi connectivity index (χ1v) is 7.36. The number of hydrogen-bond donors (Lipinski definition) is 3. The van der Waals surface area contributed by atoms with Gasteiger partial charge in [-0.25, -0.2) is 4.99 Å². The topological polar surface area (TPSA) is 88.7 Å². The third kappa shape index (κ3) is 9.98. The third-order valence-electron chi connectivity index (χ3n) is 2.54. The molecule has 0 spiro atoms. The number of nitrogens with zero attached hydrogens (tertiary/aromatic N) is 1. The Morgan fingerprint density at radius 1 is 1.35 bits per heavy atom. The number of nitrogens with two attached hydrogens (primary N) is 1. The van der Waals surface area contributed by atoms with Crippen molar-refractivity contribution in [1.29, 1.82) is 0 Å². The summed E-state index contributed by atoms with van der Waals surface area (Å²) in [6.07, 6.45) is 0. The average Bonchev–Trinajstić information content (AvgIpc) is 2.42. The smallest absolute Gasteiger partial charge is 0.255 e. The monoisotopic (exact) mass is 434 g/mol. The molecule has 0 atom stereocenters. The highest BCUT2D eigenvalue weighted by molar-refractivity contribution is 14.0. The van der Waals surface area contributed by atoms with Crippen molar-refractivity contribution < 1.29 is 9.53 Å². The van der Waals surface area contributed by atoms with E-state index in [2.05, 4.69) is 36.4 Å². The molecule has 0 aliphatic carbocycles. The second-order valence-electron chi connectivity index (χ2n) is 5.97. The van der Waals surface area contributed by atoms with Crippen molar-refractivity contribution in [3.63, 3.8) is 0 Å². The maximum Gasteiger partial charge on any atom is 0.255 e. The highest BCUT2D eigenvalue weighted by Crippen LogP contribution is 2.14. The standard InChI is InChI=1S/C16H26N4O2.HI/c1-5-18-15(20-16(2,3)4)19-10-12-7-6-8-13(9-12)22-11-14(17)21;/h6-9H,5,10-11H2,1-4H3,(H2,17,21)(H2,18,19,20);1H. The van der Waals surface area contributed by atoms with E-state index in [0.29, 0.717) is 12.3 Å². The minimum atomic E-state index is -0.493. The molecule has 1 rings (SSSR count). The summed E-state index contributed by atoms with van der Waals surface area (Å²) in [5.74, 6) is 0.881. The number of benzene rings is 1. The van der Waals surface area contributed by atoms with Gasteiger partial charge in [-0.15, -0.1) is 24.0 Å². The zero-order chi connectivity index (χ0) is 16.6. The molecule has 1 aromatic rings. The zero-order valence-corrected chi connectivity index (χ0v) is 16.5. The number of rotatable bonds is 6. The van der Waals surface area contributed by atoms with Crippen LogP contribution in [0.3, 0.4) is 0 Å². The van der Waals surface area contributed by atoms with Crippen molar-refractivity contribution in [2.24, 2.45) is 10.7 Å². The van der Waals surface area contributed by atoms with Crippen molar-refractivity contribution in [2.45, 2.75) is 39.8 Å². The van der Waals surface area contributed by atoms with Crippen LogP contribution in [0, 0.1) is 0 Å². The van der Waals surface area contributed by atoms with Gasteiger partial charge in [-0.1, -0.05) is 12.1 Å². The maximum atomic E-state index is 10.7. The van der Waals surface area contributed by atoms with Gasteiger partial charge in [0.2, 0.25) is 0 Å². The van der Waals surface area contributed by atoms with E-state index < -0.39 is 5.91 Å². The average molecular weight is 434 g/mol. The van der Waals surface area contributed by atoms with Crippen LogP contribution in [0.4, 0.5) is 0 Å². The molecule has 23 heavy (non-hydrogen) atoms. The van der Waals surface area contributed by atoms with Crippen LogP contribution in [0.5, 0.6) is 5.75 Å². The van der Waals surface area contributed by atoms with Gasteiger partial charge < -0.3 is 21.1 Å². The number of guanidine groups is 1. The molecule has 0 heterocycles. The number of ether oxygens (including phenoxy) is 1. The van der Waals surface area contributed by atoms with E-state index in [-0.39, 0.29) is 36.1 Å². The molecule has 130 valence electrons. The SMILES string of the molecule is CCNC(=NCc1cccc(OCC(N)=O)c1)NC(C)(C)C.I. The number of carbonyl (C=O) groups excluding carboxylic acids is 1. The van der Waals surface area contributed by atoms with Crippen LogP contribution in [-0.4, -0.2) is 30.6 Å². The highest BCUT2D eigenvalue weighted by atomic mass is 127. The maximum absolute atomic E-state index is 10.7. The van der Waals surface area contributed by atoms with E-state index in [1.807, 2.05) is 25.1 Å². The lowest BCUT2D eigenvalue weighted by atomic mass is 10.1. The summed E-state index contributed by atoms with van der Waals surface area (Å²) in [6.45, 7) is 9.45. The lowest BCUT2D eigenvalue weighted by Gasteiger charge is -2.23. The third-order valence-corrected chi connectivity index (χ3v) is 2.54. The number of carbonyl (C=O) groups is 1. The Kier molecular flexibility index (Phi) is 9.62. The molecule has 0 radical (unpaired) electrons. The van der Waals surface area contributed by atoms with Gasteiger partial charge in [0.25, 0.3) is 5.91 Å². The molecule has 0 saturated carbocycles. The predicted molar refractivity (Wildman–Crippen MR) is 104 cm³/mol. The van der Waals surface area contributed by atoms with E-state index in [4.69, 9.17) is 10.5 Å². The molecule has 0 unspecified atom stereocenters. The van der Waals surface area contributed by atoms with Gasteiger partial charge in [-0.3, -0.25) is 4.79 Å². The first-order valence-electron chi connectivity index (χ1n) is 7.36. The lowest BCUT2D eigenvalue weighted by molar-refractivity contribution is -0.119. The molecule has 1 amide bonds. The number of amides is 1. The molecule has 0 aromatic heterocycles. The van der Waals surface area contributed by atoms with Gasteiger partial charge in [0.15, 0.2) is 12.6 Å². The van der Waals surface area contributed by atoms with Crippen molar-refractivity contribution in [1.82, 2.24) is 10.6 Å². The predicted octanol–water partition coefficient (Wildman–Crippen LogP) is 2.02. The van der Waals surface area contributed by atoms with E-state index in [1.54, 1.807) is 6.07 Å². The summed E-state index contributed by atoms with van der Waals surface area (Å²) in [5, 5.41) is 6.54. The van der Waals surface area contributed by atoms with Gasteiger partial charge in [0, 0.05) is 12.1 Å². The largest absolute Gasteiger partial charge is 0.484 e. The fourth-order valence-corrected chi connectivity index (χ4v) is 1.72. The van der Waals surface area contributed by atoms with Crippen LogP contribution in [0.2, 0.25) is 0 Å². The molecule has 1 aromatic carbocycles. The molecular weight excluding hydrogens is 407 g/mol.